The summed E-state index contributed by atoms with van der Waals surface area (Å²) in [7, 11) is -4.32. The molecule has 0 spiro atoms. The first-order chi connectivity index (χ1) is 18.2. The van der Waals surface area contributed by atoms with Gasteiger partial charge in [-0.3, -0.25) is 4.79 Å². The van der Waals surface area contributed by atoms with Crippen LogP contribution in [0, 0.1) is 17.7 Å². The summed E-state index contributed by atoms with van der Waals surface area (Å²) in [6.07, 6.45) is -4.76. The van der Waals surface area contributed by atoms with Gasteiger partial charge in [-0.15, -0.1) is 0 Å². The monoisotopic (exact) mass is 587 g/mol. The maximum atomic E-state index is 14.9. The average molecular weight is 588 g/mol. The number of aliphatic hydroxyl groups is 1. The maximum Gasteiger partial charge on any atom is 0.426 e. The fourth-order valence-corrected chi connectivity index (χ4v) is 8.47. The largest absolute Gasteiger partial charge is 0.426 e. The summed E-state index contributed by atoms with van der Waals surface area (Å²) in [4.78, 5) is 13.4. The van der Waals surface area contributed by atoms with E-state index in [-0.39, 0.29) is 41.7 Å². The molecule has 1 amide bonds. The molecule has 0 aromatic heterocycles. The van der Waals surface area contributed by atoms with Crippen LogP contribution in [0.25, 0.3) is 0 Å². The van der Waals surface area contributed by atoms with Crippen LogP contribution in [0.2, 0.25) is 0 Å². The molecule has 2 aliphatic rings. The first-order valence-electron chi connectivity index (χ1n) is 13.1. The molecule has 1 saturated carbocycles. The molecule has 0 heterocycles. The van der Waals surface area contributed by atoms with Crippen molar-refractivity contribution in [2.75, 3.05) is 0 Å². The van der Waals surface area contributed by atoms with E-state index in [1.54, 1.807) is 27.7 Å². The number of halogens is 5. The van der Waals surface area contributed by atoms with E-state index in [0.717, 1.165) is 36.4 Å². The number of nitrogens with one attached hydrogen (secondary N) is 1. The summed E-state index contributed by atoms with van der Waals surface area (Å²) in [5, 5.41) is 13.4. The van der Waals surface area contributed by atoms with E-state index >= 15 is 0 Å². The smallest absolute Gasteiger partial charge is 0.388 e. The van der Waals surface area contributed by atoms with Crippen molar-refractivity contribution in [2.24, 2.45) is 11.8 Å². The summed E-state index contributed by atoms with van der Waals surface area (Å²) in [6.45, 7) is 6.80. The minimum atomic E-state index is -5.18. The fraction of sp³-hybridized carbons (Fsp3) is 0.552. The van der Waals surface area contributed by atoms with Gasteiger partial charge in [0.1, 0.15) is 10.6 Å². The van der Waals surface area contributed by atoms with Gasteiger partial charge in [0.05, 0.1) is 16.0 Å². The van der Waals surface area contributed by atoms with E-state index in [2.05, 4.69) is 5.32 Å². The van der Waals surface area contributed by atoms with Gasteiger partial charge < -0.3 is 10.4 Å². The lowest BCUT2D eigenvalue weighted by atomic mass is 9.72. The van der Waals surface area contributed by atoms with Crippen molar-refractivity contribution in [3.63, 3.8) is 0 Å². The number of rotatable bonds is 6. The Kier molecular flexibility index (Phi) is 7.23. The molecule has 2 N–H and O–H groups in total. The van der Waals surface area contributed by atoms with Gasteiger partial charge in [0.15, 0.2) is 9.84 Å². The van der Waals surface area contributed by atoms with Crippen molar-refractivity contribution in [1.82, 2.24) is 5.32 Å². The Morgan fingerprint density at radius 2 is 1.57 bits per heavy atom. The quantitative estimate of drug-likeness (QED) is 0.327. The summed E-state index contributed by atoms with van der Waals surface area (Å²) in [5.74, 6) is -2.64. The van der Waals surface area contributed by atoms with Crippen molar-refractivity contribution in [3.05, 3.63) is 65.0 Å². The Bertz CT molecular complexity index is 1410. The lowest BCUT2D eigenvalue weighted by Gasteiger charge is -2.43. The minimum Gasteiger partial charge on any atom is -0.388 e. The van der Waals surface area contributed by atoms with Crippen LogP contribution in [0.5, 0.6) is 0 Å². The molecule has 1 unspecified atom stereocenters. The van der Waals surface area contributed by atoms with Gasteiger partial charge in [-0.05, 0) is 107 Å². The van der Waals surface area contributed by atoms with Gasteiger partial charge in [-0.2, -0.15) is 13.2 Å². The van der Waals surface area contributed by atoms with Gasteiger partial charge >= 0.3 is 6.18 Å². The standard InChI is InChI=1S/C29H34F5NO4S/c1-25(2,26(3,4)37)35-24(36)21-14-15-28(40(38,39)20-10-8-19(30)9-11-20)22-13-7-18(27(5,31)29(32,33)34)16-17(22)6-12-23(21)28/h7-11,13,16,21,23,37H,6,12,14-15H2,1-5H3,(H,35,36)/t21-,23+,27?,28-/m1/s1. The van der Waals surface area contributed by atoms with E-state index in [9.17, 15) is 40.3 Å². The molecule has 40 heavy (non-hydrogen) atoms. The molecule has 0 aliphatic heterocycles. The SMILES string of the molecule is CC(C)(O)C(C)(C)NC(=O)[C@@H]1CC[C@@]2(S(=O)(=O)c3ccc(F)cc3)c3ccc(C(C)(F)C(F)(F)F)cc3CC[C@@H]12. The number of carbonyl (C=O) groups is 1. The molecule has 0 radical (unpaired) electrons. The zero-order chi connectivity index (χ0) is 30.1. The van der Waals surface area contributed by atoms with Crippen molar-refractivity contribution in [3.8, 4) is 0 Å². The zero-order valence-electron chi connectivity index (χ0n) is 23.0. The third-order valence-electron chi connectivity index (χ3n) is 9.18. The molecule has 4 atom stereocenters. The lowest BCUT2D eigenvalue weighted by Crippen LogP contribution is -2.59. The summed E-state index contributed by atoms with van der Waals surface area (Å²) in [5.41, 5.74) is -6.15. The molecule has 2 aromatic carbocycles. The molecule has 1 fully saturated rings. The lowest BCUT2D eigenvalue weighted by molar-refractivity contribution is -0.228. The van der Waals surface area contributed by atoms with Crippen molar-refractivity contribution in [2.45, 2.75) is 92.9 Å². The Labute approximate surface area is 231 Å². The number of benzene rings is 2. The number of sulfone groups is 1. The molecule has 2 aromatic rings. The molecule has 220 valence electrons. The zero-order valence-corrected chi connectivity index (χ0v) is 23.8. The fourth-order valence-electron chi connectivity index (χ4n) is 6.00. The highest BCUT2D eigenvalue weighted by Crippen LogP contribution is 2.59. The summed E-state index contributed by atoms with van der Waals surface area (Å²) < 4.78 is 96.0. The van der Waals surface area contributed by atoms with Crippen LogP contribution in [0.4, 0.5) is 22.0 Å². The second kappa shape index (κ2) is 9.51. The van der Waals surface area contributed by atoms with Crippen LogP contribution in [0.3, 0.4) is 0 Å². The van der Waals surface area contributed by atoms with Crippen LogP contribution in [0.1, 0.15) is 70.6 Å². The second-order valence-electron chi connectivity index (χ2n) is 12.2. The summed E-state index contributed by atoms with van der Waals surface area (Å²) in [6, 6.07) is 7.55. The van der Waals surface area contributed by atoms with E-state index in [1.807, 2.05) is 0 Å². The van der Waals surface area contributed by atoms with Crippen LogP contribution in [-0.2, 0) is 31.5 Å². The number of fused-ring (bicyclic) bond motifs is 3. The molecule has 2 aliphatic carbocycles. The predicted molar refractivity (Wildman–Crippen MR) is 139 cm³/mol. The van der Waals surface area contributed by atoms with Crippen LogP contribution in [0.15, 0.2) is 47.4 Å². The number of alkyl halides is 4. The average Bonchev–Trinajstić information content (AvgIpc) is 3.24. The van der Waals surface area contributed by atoms with Crippen molar-refractivity contribution in [1.29, 1.82) is 0 Å². The normalized spacial score (nSPS) is 25.1. The third kappa shape index (κ3) is 4.62. The third-order valence-corrected chi connectivity index (χ3v) is 11.8. The highest BCUT2D eigenvalue weighted by molar-refractivity contribution is 7.92. The number of hydrogen-bond acceptors (Lipinski definition) is 4. The Morgan fingerprint density at radius 3 is 2.12 bits per heavy atom. The Morgan fingerprint density at radius 1 is 0.975 bits per heavy atom. The molecule has 11 heteroatoms. The Balaban J connectivity index is 1.87. The van der Waals surface area contributed by atoms with Gasteiger partial charge in [0, 0.05) is 5.92 Å². The molecular weight excluding hydrogens is 553 g/mol. The molecule has 5 nitrogen and oxygen atoms in total. The molecule has 0 saturated heterocycles. The van der Waals surface area contributed by atoms with Gasteiger partial charge in [0.2, 0.25) is 11.6 Å². The van der Waals surface area contributed by atoms with E-state index in [4.69, 9.17) is 0 Å². The first-order valence-corrected chi connectivity index (χ1v) is 14.6. The van der Waals surface area contributed by atoms with Gasteiger partial charge in [-0.1, -0.05) is 18.2 Å². The highest BCUT2D eigenvalue weighted by atomic mass is 32.2. The highest BCUT2D eigenvalue weighted by Gasteiger charge is 2.62. The van der Waals surface area contributed by atoms with Crippen molar-refractivity contribution < 1.29 is 40.3 Å². The van der Waals surface area contributed by atoms with E-state index in [1.165, 1.54) is 6.07 Å². The minimum absolute atomic E-state index is 0.0169. The number of hydrogen-bond donors (Lipinski definition) is 2. The topological polar surface area (TPSA) is 83.5 Å². The van der Waals surface area contributed by atoms with Crippen molar-refractivity contribution >= 4 is 15.7 Å². The summed E-state index contributed by atoms with van der Waals surface area (Å²) >= 11 is 0. The van der Waals surface area contributed by atoms with Crippen LogP contribution >= 0.6 is 0 Å². The molecular formula is C29H34F5NO4S. The number of amides is 1. The van der Waals surface area contributed by atoms with Gasteiger partial charge in [0.25, 0.3) is 0 Å². The van der Waals surface area contributed by atoms with Crippen LogP contribution < -0.4 is 5.32 Å². The van der Waals surface area contributed by atoms with Crippen LogP contribution in [-0.4, -0.2) is 36.7 Å². The first kappa shape index (κ1) is 30.4. The molecule has 4 rings (SSSR count). The van der Waals surface area contributed by atoms with Gasteiger partial charge in [-0.25, -0.2) is 17.2 Å². The maximum absolute atomic E-state index is 14.9. The Hall–Kier alpha value is -2.53. The number of aryl methyl sites for hydroxylation is 1. The molecule has 0 bridgehead atoms. The number of carbonyl (C=O) groups excluding carboxylic acids is 1. The second-order valence-corrected chi connectivity index (χ2v) is 14.4. The van der Waals surface area contributed by atoms with E-state index < -0.39 is 66.7 Å². The predicted octanol–water partition coefficient (Wildman–Crippen LogP) is 5.88. The van der Waals surface area contributed by atoms with E-state index in [0.29, 0.717) is 6.92 Å².